The number of carboxylic acid groups (broad SMARTS) is 1. The van der Waals surface area contributed by atoms with E-state index in [1.807, 2.05) is 54.0 Å². The van der Waals surface area contributed by atoms with Crippen molar-refractivity contribution in [3.63, 3.8) is 0 Å². The third-order valence-corrected chi connectivity index (χ3v) is 6.76. The molecule has 5 rings (SSSR count). The Morgan fingerprint density at radius 3 is 2.63 bits per heavy atom. The first-order valence-electron chi connectivity index (χ1n) is 12.7. The van der Waals surface area contributed by atoms with Gasteiger partial charge in [0.1, 0.15) is 23.7 Å². The average Bonchev–Trinajstić information content (AvgIpc) is 3.66. The zero-order valence-corrected chi connectivity index (χ0v) is 22.2. The molecule has 0 radical (unpaired) electrons. The summed E-state index contributed by atoms with van der Waals surface area (Å²) in [6.07, 6.45) is 3.47. The fraction of sp³-hybridized carbons (Fsp3) is 0.357. The highest BCUT2D eigenvalue weighted by atomic mass is 35.5. The van der Waals surface area contributed by atoms with Crippen LogP contribution in [-0.2, 0) is 11.3 Å². The predicted molar refractivity (Wildman–Crippen MR) is 146 cm³/mol. The van der Waals surface area contributed by atoms with Gasteiger partial charge >= 0.3 is 5.97 Å². The van der Waals surface area contributed by atoms with E-state index < -0.39 is 5.97 Å². The molecule has 2 N–H and O–H groups in total. The van der Waals surface area contributed by atoms with Gasteiger partial charge in [-0.05, 0) is 49.1 Å². The van der Waals surface area contributed by atoms with E-state index in [4.69, 9.17) is 26.1 Å². The van der Waals surface area contributed by atoms with Crippen LogP contribution >= 0.6 is 11.6 Å². The molecule has 0 bridgehead atoms. The number of benzene rings is 2. The number of hydrogen-bond donors (Lipinski definition) is 2. The monoisotopic (exact) mass is 535 g/mol. The second kappa shape index (κ2) is 11.4. The van der Waals surface area contributed by atoms with Gasteiger partial charge in [0, 0.05) is 25.2 Å². The number of nitrogens with zero attached hydrogens (tertiary/aromatic N) is 4. The minimum atomic E-state index is -1.20. The second-order valence-corrected chi connectivity index (χ2v) is 9.96. The van der Waals surface area contributed by atoms with Crippen molar-refractivity contribution in [1.29, 1.82) is 0 Å². The van der Waals surface area contributed by atoms with Crippen molar-refractivity contribution in [3.8, 4) is 17.1 Å². The van der Waals surface area contributed by atoms with Gasteiger partial charge in [0.25, 0.3) is 0 Å². The molecule has 0 aliphatic heterocycles. The van der Waals surface area contributed by atoms with Crippen LogP contribution < -0.4 is 10.1 Å². The number of hydrogen-bond acceptors (Lipinski definition) is 7. The smallest absolute Gasteiger partial charge is 0.374 e. The second-order valence-electron chi connectivity index (χ2n) is 9.52. The number of methoxy groups -OCH3 is 1. The highest BCUT2D eigenvalue weighted by Crippen LogP contribution is 2.36. The summed E-state index contributed by atoms with van der Waals surface area (Å²) in [5.74, 6) is 0.922. The van der Waals surface area contributed by atoms with Crippen LogP contribution in [0.25, 0.3) is 22.6 Å². The molecular formula is C28H30ClN5O4. The van der Waals surface area contributed by atoms with E-state index in [0.29, 0.717) is 65.8 Å². The third-order valence-electron chi connectivity index (χ3n) is 6.51. The SMILES string of the molecule is COCCOc1ccc(C)cc1-c1nc2nc(C(=O)O)nc(NCCC3CC3)c2n1Cc1ccc(Cl)cc1. The van der Waals surface area contributed by atoms with Crippen molar-refractivity contribution in [2.75, 3.05) is 32.2 Å². The van der Waals surface area contributed by atoms with Gasteiger partial charge < -0.3 is 24.5 Å². The molecule has 38 heavy (non-hydrogen) atoms. The lowest BCUT2D eigenvalue weighted by Crippen LogP contribution is -2.12. The summed E-state index contributed by atoms with van der Waals surface area (Å²) in [5, 5.41) is 13.7. The number of rotatable bonds is 12. The molecule has 2 aromatic carbocycles. The minimum Gasteiger partial charge on any atom is -0.490 e. The van der Waals surface area contributed by atoms with Gasteiger partial charge in [-0.25, -0.2) is 19.7 Å². The number of halogens is 1. The number of ether oxygens (including phenoxy) is 2. The summed E-state index contributed by atoms with van der Waals surface area (Å²) in [6, 6.07) is 13.5. The predicted octanol–water partition coefficient (Wildman–Crippen LogP) is 5.44. The maximum Gasteiger partial charge on any atom is 0.374 e. The number of aromatic carboxylic acids is 1. The van der Waals surface area contributed by atoms with Crippen LogP contribution in [0.15, 0.2) is 42.5 Å². The van der Waals surface area contributed by atoms with Crippen molar-refractivity contribution < 1.29 is 19.4 Å². The number of nitrogens with one attached hydrogen (secondary N) is 1. The van der Waals surface area contributed by atoms with Gasteiger partial charge in [-0.2, -0.15) is 0 Å². The topological polar surface area (TPSA) is 111 Å². The Morgan fingerprint density at radius 2 is 1.92 bits per heavy atom. The molecule has 0 amide bonds. The summed E-state index contributed by atoms with van der Waals surface area (Å²) in [5.41, 5.74) is 3.74. The fourth-order valence-corrected chi connectivity index (χ4v) is 4.49. The van der Waals surface area contributed by atoms with Crippen molar-refractivity contribution in [2.24, 2.45) is 5.92 Å². The Morgan fingerprint density at radius 1 is 1.13 bits per heavy atom. The molecule has 0 spiro atoms. The van der Waals surface area contributed by atoms with Gasteiger partial charge in [-0.15, -0.1) is 0 Å². The molecule has 1 aliphatic carbocycles. The van der Waals surface area contributed by atoms with Crippen molar-refractivity contribution in [3.05, 3.63) is 64.4 Å². The Bertz CT molecular complexity index is 1450. The number of aromatic nitrogens is 4. The molecular weight excluding hydrogens is 506 g/mol. The van der Waals surface area contributed by atoms with Crippen LogP contribution in [0.4, 0.5) is 5.82 Å². The van der Waals surface area contributed by atoms with E-state index in [-0.39, 0.29) is 5.82 Å². The largest absolute Gasteiger partial charge is 0.490 e. The standard InChI is InChI=1S/C28H30ClN5O4/c1-17-3-10-22(38-14-13-37-2)21(15-17)27-33-25-23(34(27)16-19-6-8-20(29)9-7-19)24(30-12-11-18-4-5-18)31-26(32-25)28(35)36/h3,6-10,15,18H,4-5,11-14,16H2,1-2H3,(H,35,36)(H,30,31,32). The Hall–Kier alpha value is -3.69. The molecule has 10 heteroatoms. The number of imidazole rings is 1. The molecule has 0 atom stereocenters. The summed E-state index contributed by atoms with van der Waals surface area (Å²) in [6.45, 7) is 3.95. The number of aryl methyl sites for hydroxylation is 1. The number of fused-ring (bicyclic) bond motifs is 1. The van der Waals surface area contributed by atoms with Crippen LogP contribution in [0.1, 0.15) is 41.0 Å². The lowest BCUT2D eigenvalue weighted by atomic mass is 10.1. The molecule has 2 aromatic heterocycles. The van der Waals surface area contributed by atoms with E-state index in [0.717, 1.165) is 23.1 Å². The molecule has 198 valence electrons. The molecule has 1 fully saturated rings. The van der Waals surface area contributed by atoms with E-state index in [2.05, 4.69) is 15.3 Å². The molecule has 0 saturated heterocycles. The summed E-state index contributed by atoms with van der Waals surface area (Å²) in [4.78, 5) is 25.5. The summed E-state index contributed by atoms with van der Waals surface area (Å²) >= 11 is 6.14. The lowest BCUT2D eigenvalue weighted by Gasteiger charge is -2.16. The minimum absolute atomic E-state index is 0.296. The number of carbonyl (C=O) groups is 1. The molecule has 0 unspecified atom stereocenters. The summed E-state index contributed by atoms with van der Waals surface area (Å²) in [7, 11) is 1.63. The third kappa shape index (κ3) is 5.89. The van der Waals surface area contributed by atoms with Crippen LogP contribution in [0.2, 0.25) is 5.02 Å². The molecule has 2 heterocycles. The van der Waals surface area contributed by atoms with E-state index >= 15 is 0 Å². The molecule has 1 saturated carbocycles. The zero-order valence-electron chi connectivity index (χ0n) is 21.4. The fourth-order valence-electron chi connectivity index (χ4n) is 4.37. The van der Waals surface area contributed by atoms with E-state index in [1.54, 1.807) is 7.11 Å². The Kier molecular flexibility index (Phi) is 7.76. The quantitative estimate of drug-likeness (QED) is 0.231. The van der Waals surface area contributed by atoms with Gasteiger partial charge in [0.2, 0.25) is 5.82 Å². The molecule has 1 aliphatic rings. The first-order chi connectivity index (χ1) is 18.4. The maximum absolute atomic E-state index is 11.9. The lowest BCUT2D eigenvalue weighted by molar-refractivity contribution is 0.0684. The van der Waals surface area contributed by atoms with E-state index in [1.165, 1.54) is 12.8 Å². The summed E-state index contributed by atoms with van der Waals surface area (Å²) < 4.78 is 13.2. The van der Waals surface area contributed by atoms with Crippen molar-refractivity contribution in [1.82, 2.24) is 19.5 Å². The average molecular weight is 536 g/mol. The highest BCUT2D eigenvalue weighted by Gasteiger charge is 2.25. The van der Waals surface area contributed by atoms with Crippen LogP contribution in [0.3, 0.4) is 0 Å². The van der Waals surface area contributed by atoms with Crippen molar-refractivity contribution in [2.45, 2.75) is 32.7 Å². The van der Waals surface area contributed by atoms with Gasteiger partial charge in [0.15, 0.2) is 11.5 Å². The van der Waals surface area contributed by atoms with Crippen LogP contribution in [0.5, 0.6) is 5.75 Å². The zero-order chi connectivity index (χ0) is 26.6. The molecule has 9 nitrogen and oxygen atoms in total. The van der Waals surface area contributed by atoms with Gasteiger partial charge in [-0.3, -0.25) is 0 Å². The maximum atomic E-state index is 11.9. The first kappa shape index (κ1) is 25.9. The molecule has 4 aromatic rings. The van der Waals surface area contributed by atoms with Gasteiger partial charge in [0.05, 0.1) is 12.2 Å². The van der Waals surface area contributed by atoms with Crippen LogP contribution in [-0.4, -0.2) is 57.5 Å². The van der Waals surface area contributed by atoms with Crippen LogP contribution in [0, 0.1) is 12.8 Å². The van der Waals surface area contributed by atoms with Gasteiger partial charge in [-0.1, -0.05) is 48.2 Å². The Labute approximate surface area is 225 Å². The number of anilines is 1. The highest BCUT2D eigenvalue weighted by molar-refractivity contribution is 6.30. The van der Waals surface area contributed by atoms with Crippen molar-refractivity contribution >= 4 is 34.6 Å². The number of carboxylic acids is 1. The first-order valence-corrected chi connectivity index (χ1v) is 13.0. The van der Waals surface area contributed by atoms with E-state index in [9.17, 15) is 9.90 Å². The Balaban J connectivity index is 1.68. The normalized spacial score (nSPS) is 13.1.